The largest absolute Gasteiger partial charge is 0.356 e. The average Bonchev–Trinajstić information content (AvgIpc) is 3.48. The molecule has 7 nitrogen and oxygen atoms in total. The van der Waals surface area contributed by atoms with E-state index in [0.29, 0.717) is 17.7 Å². The van der Waals surface area contributed by atoms with Crippen molar-refractivity contribution in [3.05, 3.63) is 101 Å². The van der Waals surface area contributed by atoms with Crippen molar-refractivity contribution >= 4 is 34.4 Å². The highest BCUT2D eigenvalue weighted by molar-refractivity contribution is 6.22. The molecule has 214 valence electrons. The Morgan fingerprint density at radius 3 is 2.29 bits per heavy atom. The topological polar surface area (TPSA) is 85.5 Å². The van der Waals surface area contributed by atoms with E-state index in [4.69, 9.17) is 0 Å². The highest BCUT2D eigenvalue weighted by Crippen LogP contribution is 2.44. The van der Waals surface area contributed by atoms with Crippen molar-refractivity contribution in [2.75, 3.05) is 4.90 Å². The van der Waals surface area contributed by atoms with Crippen molar-refractivity contribution in [1.82, 2.24) is 15.2 Å². The van der Waals surface area contributed by atoms with Gasteiger partial charge in [0, 0.05) is 34.6 Å². The van der Waals surface area contributed by atoms with E-state index in [2.05, 4.69) is 16.4 Å². The number of para-hydroxylation sites is 1. The Balaban J connectivity index is 1.18. The Morgan fingerprint density at radius 1 is 0.857 bits per heavy atom. The molecule has 4 aromatic rings. The molecule has 2 fully saturated rings. The van der Waals surface area contributed by atoms with Gasteiger partial charge >= 0.3 is 6.03 Å². The van der Waals surface area contributed by atoms with Gasteiger partial charge in [0.1, 0.15) is 12.1 Å². The van der Waals surface area contributed by atoms with Crippen LogP contribution in [0.1, 0.15) is 83.7 Å². The number of H-pyrrole nitrogens is 1. The molecule has 4 amide bonds. The van der Waals surface area contributed by atoms with Crippen molar-refractivity contribution in [2.24, 2.45) is 0 Å². The zero-order valence-electron chi connectivity index (χ0n) is 23.9. The molecule has 42 heavy (non-hydrogen) atoms. The monoisotopic (exact) mass is 560 g/mol. The summed E-state index contributed by atoms with van der Waals surface area (Å²) in [7, 11) is 0. The van der Waals surface area contributed by atoms with E-state index in [9.17, 15) is 14.4 Å². The fraction of sp³-hybridized carbons (Fsp3) is 0.343. The van der Waals surface area contributed by atoms with Crippen LogP contribution in [0, 0.1) is 6.92 Å². The zero-order valence-corrected chi connectivity index (χ0v) is 23.9. The molecule has 2 unspecified atom stereocenters. The van der Waals surface area contributed by atoms with E-state index >= 15 is 0 Å². The maximum Gasteiger partial charge on any atom is 0.332 e. The van der Waals surface area contributed by atoms with Gasteiger partial charge in [-0.3, -0.25) is 14.5 Å². The Kier molecular flexibility index (Phi) is 6.81. The van der Waals surface area contributed by atoms with E-state index in [0.717, 1.165) is 59.0 Å². The summed E-state index contributed by atoms with van der Waals surface area (Å²) in [5.41, 5.74) is 6.16. The van der Waals surface area contributed by atoms with Crippen LogP contribution in [0.15, 0.2) is 72.8 Å². The maximum atomic E-state index is 14.1. The molecule has 2 atom stereocenters. The molecular formula is C35H36N4O3. The molecule has 1 aliphatic carbocycles. The number of carbonyl (C=O) groups is 3. The molecule has 1 saturated carbocycles. The second-order valence-corrected chi connectivity index (χ2v) is 12.0. The third kappa shape index (κ3) is 4.57. The van der Waals surface area contributed by atoms with Crippen LogP contribution in [0.3, 0.4) is 0 Å². The number of nitrogens with one attached hydrogen (secondary N) is 2. The number of carbonyl (C=O) groups excluding carboxylic acids is 3. The predicted octanol–water partition coefficient (Wildman–Crippen LogP) is 6.80. The van der Waals surface area contributed by atoms with Gasteiger partial charge in [0.15, 0.2) is 0 Å². The highest BCUT2D eigenvalue weighted by atomic mass is 16.2. The van der Waals surface area contributed by atoms with Crippen LogP contribution in [-0.2, 0) is 11.2 Å². The number of hydrogen-bond donors (Lipinski definition) is 2. The average molecular weight is 561 g/mol. The van der Waals surface area contributed by atoms with Crippen molar-refractivity contribution in [3.8, 4) is 0 Å². The van der Waals surface area contributed by atoms with Crippen molar-refractivity contribution in [1.29, 1.82) is 0 Å². The Bertz CT molecular complexity index is 1650. The number of nitrogens with zero attached hydrogens (tertiary/aromatic N) is 2. The number of aryl methyl sites for hydroxylation is 1. The molecule has 2 N–H and O–H groups in total. The van der Waals surface area contributed by atoms with E-state index < -0.39 is 12.1 Å². The molecule has 7 rings (SSSR count). The van der Waals surface area contributed by atoms with Gasteiger partial charge in [0.2, 0.25) is 0 Å². The number of amides is 4. The molecular weight excluding hydrogens is 524 g/mol. The first-order valence-electron chi connectivity index (χ1n) is 15.2. The van der Waals surface area contributed by atoms with E-state index in [1.54, 1.807) is 29.2 Å². The highest BCUT2D eigenvalue weighted by Gasteiger charge is 2.53. The number of fused-ring (bicyclic) bond motifs is 4. The third-order valence-corrected chi connectivity index (χ3v) is 9.27. The van der Waals surface area contributed by atoms with Crippen LogP contribution >= 0.6 is 0 Å². The van der Waals surface area contributed by atoms with E-state index in [1.807, 2.05) is 49.4 Å². The summed E-state index contributed by atoms with van der Waals surface area (Å²) in [6, 6.07) is 22.0. The van der Waals surface area contributed by atoms with Crippen LogP contribution in [0.4, 0.5) is 10.5 Å². The number of anilines is 1. The lowest BCUT2D eigenvalue weighted by Gasteiger charge is -2.36. The molecule has 0 spiro atoms. The first-order chi connectivity index (χ1) is 20.5. The van der Waals surface area contributed by atoms with Crippen LogP contribution in [0.5, 0.6) is 0 Å². The number of aromatic amines is 1. The molecule has 1 saturated heterocycles. The Morgan fingerprint density at radius 2 is 1.55 bits per heavy atom. The number of imide groups is 1. The normalized spacial score (nSPS) is 21.2. The minimum absolute atomic E-state index is 0.103. The van der Waals surface area contributed by atoms with Crippen molar-refractivity contribution < 1.29 is 14.4 Å². The van der Waals surface area contributed by atoms with Crippen LogP contribution in [0.25, 0.3) is 10.9 Å². The predicted molar refractivity (Wildman–Crippen MR) is 164 cm³/mol. The number of aromatic nitrogens is 1. The number of benzene rings is 3. The minimum Gasteiger partial charge on any atom is -0.356 e. The fourth-order valence-corrected chi connectivity index (χ4v) is 7.04. The molecule has 0 bridgehead atoms. The molecule has 7 heteroatoms. The van der Waals surface area contributed by atoms with Gasteiger partial charge in [-0.25, -0.2) is 9.69 Å². The van der Waals surface area contributed by atoms with Gasteiger partial charge < -0.3 is 10.3 Å². The Labute approximate surface area is 245 Å². The molecule has 3 heterocycles. The van der Waals surface area contributed by atoms with Crippen LogP contribution in [-0.4, -0.2) is 39.8 Å². The summed E-state index contributed by atoms with van der Waals surface area (Å²) in [6.45, 7) is 2.04. The summed E-state index contributed by atoms with van der Waals surface area (Å²) in [6.07, 6.45) is 8.49. The first-order valence-corrected chi connectivity index (χ1v) is 15.2. The van der Waals surface area contributed by atoms with Crippen LogP contribution in [0.2, 0.25) is 0 Å². The zero-order chi connectivity index (χ0) is 28.8. The van der Waals surface area contributed by atoms with Crippen molar-refractivity contribution in [2.45, 2.75) is 76.4 Å². The fourth-order valence-electron chi connectivity index (χ4n) is 7.04. The second-order valence-electron chi connectivity index (χ2n) is 12.0. The van der Waals surface area contributed by atoms with Gasteiger partial charge in [-0.15, -0.1) is 0 Å². The minimum atomic E-state index is -0.613. The number of hydrogen-bond acceptors (Lipinski definition) is 3. The lowest BCUT2D eigenvalue weighted by atomic mass is 9.88. The van der Waals surface area contributed by atoms with Gasteiger partial charge in [0.25, 0.3) is 11.8 Å². The van der Waals surface area contributed by atoms with Gasteiger partial charge in [-0.05, 0) is 61.2 Å². The summed E-state index contributed by atoms with van der Waals surface area (Å²) >= 11 is 0. The standard InChI is InChI=1S/C35H36N4O3/c1-22-13-15-23(16-14-22)32-31-28(27-11-7-8-12-29(27)37-31)21-30-34(41)38(35(42)39(30)32)26-19-17-24(18-20-26)33(40)36-25-9-5-3-2-4-6-10-25/h7-8,11-20,25,30,32,37H,2-6,9-10,21H2,1H3,(H,36,40). The van der Waals surface area contributed by atoms with Gasteiger partial charge in [0.05, 0.1) is 5.69 Å². The molecule has 0 radical (unpaired) electrons. The molecule has 1 aromatic heterocycles. The number of rotatable bonds is 4. The van der Waals surface area contributed by atoms with E-state index in [1.165, 1.54) is 24.2 Å². The molecule has 3 aromatic carbocycles. The SMILES string of the molecule is Cc1ccc(C2c3[nH]c4ccccc4c3CC3C(=O)N(c4ccc(C(=O)NC5CCCCCCC5)cc4)C(=O)N32)cc1. The van der Waals surface area contributed by atoms with Crippen molar-refractivity contribution in [3.63, 3.8) is 0 Å². The lowest BCUT2D eigenvalue weighted by Crippen LogP contribution is -2.44. The quantitative estimate of drug-likeness (QED) is 0.269. The summed E-state index contributed by atoms with van der Waals surface area (Å²) in [5.74, 6) is -0.340. The Hall–Kier alpha value is -4.39. The van der Waals surface area contributed by atoms with Gasteiger partial charge in [-0.1, -0.05) is 80.1 Å². The second kappa shape index (κ2) is 10.8. The van der Waals surface area contributed by atoms with Crippen LogP contribution < -0.4 is 10.2 Å². The van der Waals surface area contributed by atoms with E-state index in [-0.39, 0.29) is 23.9 Å². The smallest absolute Gasteiger partial charge is 0.332 e. The lowest BCUT2D eigenvalue weighted by molar-refractivity contribution is -0.120. The maximum absolute atomic E-state index is 14.1. The summed E-state index contributed by atoms with van der Waals surface area (Å²) < 4.78 is 0. The number of urea groups is 1. The molecule has 3 aliphatic rings. The molecule has 2 aliphatic heterocycles. The summed E-state index contributed by atoms with van der Waals surface area (Å²) in [5, 5.41) is 4.29. The summed E-state index contributed by atoms with van der Waals surface area (Å²) in [4.78, 5) is 47.7. The first kappa shape index (κ1) is 26.5. The van der Waals surface area contributed by atoms with Gasteiger partial charge in [-0.2, -0.15) is 0 Å². The third-order valence-electron chi connectivity index (χ3n) is 9.27.